The van der Waals surface area contributed by atoms with Crippen LogP contribution < -0.4 is 10.5 Å². The Morgan fingerprint density at radius 2 is 2.00 bits per heavy atom. The third kappa shape index (κ3) is 5.29. The Labute approximate surface area is 139 Å². The maximum absolute atomic E-state index is 11.8. The van der Waals surface area contributed by atoms with Crippen LogP contribution in [0.3, 0.4) is 0 Å². The molecular formula is C14H17F3N4O4. The number of anilines is 1. The first-order valence-electron chi connectivity index (χ1n) is 7.34. The van der Waals surface area contributed by atoms with E-state index in [2.05, 4.69) is 10.2 Å². The molecule has 0 spiro atoms. The Morgan fingerprint density at radius 1 is 1.28 bits per heavy atom. The molecular weight excluding hydrogens is 345 g/mol. The molecule has 0 bridgehead atoms. The molecule has 3 N–H and O–H groups in total. The van der Waals surface area contributed by atoms with Gasteiger partial charge in [-0.05, 0) is 12.5 Å². The highest BCUT2D eigenvalue weighted by Gasteiger charge is 2.31. The third-order valence-corrected chi connectivity index (χ3v) is 3.41. The predicted molar refractivity (Wildman–Crippen MR) is 79.9 cm³/mol. The summed E-state index contributed by atoms with van der Waals surface area (Å²) in [5.41, 5.74) is -1.77. The van der Waals surface area contributed by atoms with E-state index in [0.29, 0.717) is 31.4 Å². The Kier molecular flexibility index (Phi) is 5.80. The molecule has 2 aromatic heterocycles. The van der Waals surface area contributed by atoms with Crippen LogP contribution in [0.2, 0.25) is 0 Å². The quantitative estimate of drug-likeness (QED) is 0.684. The van der Waals surface area contributed by atoms with Crippen LogP contribution in [0, 0.1) is 6.92 Å². The van der Waals surface area contributed by atoms with Crippen LogP contribution in [-0.4, -0.2) is 50.7 Å². The van der Waals surface area contributed by atoms with Gasteiger partial charge in [-0.3, -0.25) is 4.79 Å². The lowest BCUT2D eigenvalue weighted by Crippen LogP contribution is -2.46. The van der Waals surface area contributed by atoms with Crippen molar-refractivity contribution in [3.63, 3.8) is 0 Å². The van der Waals surface area contributed by atoms with E-state index in [-0.39, 0.29) is 0 Å². The van der Waals surface area contributed by atoms with Crippen LogP contribution >= 0.6 is 0 Å². The molecule has 2 unspecified atom stereocenters. The number of H-pyrrole nitrogens is 1. The first kappa shape index (κ1) is 18.9. The summed E-state index contributed by atoms with van der Waals surface area (Å²) >= 11 is 0. The maximum Gasteiger partial charge on any atom is 0.431 e. The lowest BCUT2D eigenvalue weighted by molar-refractivity contribution is -0.141. The summed E-state index contributed by atoms with van der Waals surface area (Å²) in [5, 5.41) is 26.3. The molecule has 1 aliphatic rings. The van der Waals surface area contributed by atoms with Crippen molar-refractivity contribution in [2.45, 2.75) is 31.7 Å². The number of aromatic nitrogens is 3. The van der Waals surface area contributed by atoms with Gasteiger partial charge in [-0.1, -0.05) is 11.2 Å². The van der Waals surface area contributed by atoms with Gasteiger partial charge in [0.15, 0.2) is 0 Å². The Bertz CT molecular complexity index is 746. The number of aryl methyl sites for hydroxylation is 1. The molecule has 0 aliphatic carbocycles. The van der Waals surface area contributed by atoms with Gasteiger partial charge in [-0.15, -0.1) is 5.10 Å². The van der Waals surface area contributed by atoms with Gasteiger partial charge in [-0.25, -0.2) is 0 Å². The number of hydrogen-bond donors (Lipinski definition) is 3. The summed E-state index contributed by atoms with van der Waals surface area (Å²) in [7, 11) is 0. The van der Waals surface area contributed by atoms with Crippen LogP contribution in [0.25, 0.3) is 0 Å². The van der Waals surface area contributed by atoms with E-state index in [1.54, 1.807) is 16.8 Å². The zero-order valence-electron chi connectivity index (χ0n) is 13.2. The van der Waals surface area contributed by atoms with Crippen LogP contribution in [-0.2, 0) is 6.18 Å². The van der Waals surface area contributed by atoms with Gasteiger partial charge in [-0.2, -0.15) is 13.2 Å². The molecule has 8 nitrogen and oxygen atoms in total. The fourth-order valence-electron chi connectivity index (χ4n) is 2.12. The number of aliphatic hydroxyl groups is 2. The largest absolute Gasteiger partial charge is 0.431 e. The number of piperidine rings is 1. The number of hydrogen-bond acceptors (Lipinski definition) is 7. The van der Waals surface area contributed by atoms with E-state index in [9.17, 15) is 28.2 Å². The minimum Gasteiger partial charge on any atom is -0.408 e. The summed E-state index contributed by atoms with van der Waals surface area (Å²) in [4.78, 5) is 13.8. The average molecular weight is 362 g/mol. The summed E-state index contributed by atoms with van der Waals surface area (Å²) in [6.07, 6.45) is -5.34. The molecule has 3 rings (SSSR count). The smallest absolute Gasteiger partial charge is 0.408 e. The fourth-order valence-corrected chi connectivity index (χ4v) is 2.12. The minimum absolute atomic E-state index is 0.336. The average Bonchev–Trinajstić information content (AvgIpc) is 2.96. The van der Waals surface area contributed by atoms with Gasteiger partial charge in [0.05, 0.1) is 18.8 Å². The Hall–Kier alpha value is -2.40. The first-order chi connectivity index (χ1) is 11.7. The summed E-state index contributed by atoms with van der Waals surface area (Å²) in [6.45, 7) is 2.67. The molecule has 3 heterocycles. The number of nitrogens with one attached hydrogen (secondary N) is 1. The molecule has 11 heteroatoms. The number of rotatable bonds is 1. The van der Waals surface area contributed by atoms with Gasteiger partial charge in [0.1, 0.15) is 5.69 Å². The molecule has 0 amide bonds. The summed E-state index contributed by atoms with van der Waals surface area (Å²) in [5.74, 6) is 0.501. The summed E-state index contributed by atoms with van der Waals surface area (Å²) in [6, 6.07) is 3.30. The molecule has 2 atom stereocenters. The highest BCUT2D eigenvalue weighted by molar-refractivity contribution is 5.25. The zero-order valence-corrected chi connectivity index (χ0v) is 13.2. The van der Waals surface area contributed by atoms with E-state index in [1.165, 1.54) is 0 Å². The zero-order chi connectivity index (χ0) is 18.6. The van der Waals surface area contributed by atoms with Gasteiger partial charge < -0.3 is 24.5 Å². The fraction of sp³-hybridized carbons (Fsp3) is 0.500. The molecule has 25 heavy (non-hydrogen) atoms. The first-order valence-corrected chi connectivity index (χ1v) is 7.34. The number of pyridine rings is 1. The van der Waals surface area contributed by atoms with Gasteiger partial charge in [0, 0.05) is 19.5 Å². The molecule has 1 saturated heterocycles. The normalized spacial score (nSPS) is 20.8. The van der Waals surface area contributed by atoms with Crippen LogP contribution in [0.5, 0.6) is 0 Å². The molecule has 2 aromatic rings. The van der Waals surface area contributed by atoms with Gasteiger partial charge >= 0.3 is 12.2 Å². The number of aliphatic hydroxyl groups excluding tert-OH is 2. The van der Waals surface area contributed by atoms with Crippen molar-refractivity contribution in [1.29, 1.82) is 0 Å². The van der Waals surface area contributed by atoms with Crippen molar-refractivity contribution in [3.05, 3.63) is 40.1 Å². The van der Waals surface area contributed by atoms with Crippen molar-refractivity contribution in [2.24, 2.45) is 0 Å². The molecule has 0 radical (unpaired) electrons. The van der Waals surface area contributed by atoms with E-state index in [1.807, 2.05) is 0 Å². The highest BCUT2D eigenvalue weighted by Crippen LogP contribution is 2.25. The summed E-state index contributed by atoms with van der Waals surface area (Å²) < 4.78 is 40.6. The second kappa shape index (κ2) is 7.66. The third-order valence-electron chi connectivity index (χ3n) is 3.41. The molecule has 0 aromatic carbocycles. The number of halogens is 3. The van der Waals surface area contributed by atoms with Crippen molar-refractivity contribution < 1.29 is 27.8 Å². The van der Waals surface area contributed by atoms with Gasteiger partial charge in [0.2, 0.25) is 11.4 Å². The lowest BCUT2D eigenvalue weighted by Gasteiger charge is -2.31. The standard InChI is InChI=1S/C8H13N3O3.C6H4F3NO/c1-5-9-10-8(14-5)11-3-2-6(12)7(13)4-11;7-6(8,9)4-2-1-3-5(11)10-4/h6-7,12-13H,2-4H2,1H3;1-3H,(H,10,11). The lowest BCUT2D eigenvalue weighted by atomic mass is 10.1. The molecule has 0 saturated carbocycles. The topological polar surface area (TPSA) is 115 Å². The second-order valence-electron chi connectivity index (χ2n) is 5.40. The monoisotopic (exact) mass is 362 g/mol. The number of alkyl halides is 3. The van der Waals surface area contributed by atoms with E-state index < -0.39 is 29.6 Å². The van der Waals surface area contributed by atoms with Crippen molar-refractivity contribution >= 4 is 6.01 Å². The van der Waals surface area contributed by atoms with Gasteiger partial charge in [0.25, 0.3) is 0 Å². The molecule has 1 fully saturated rings. The second-order valence-corrected chi connectivity index (χ2v) is 5.40. The van der Waals surface area contributed by atoms with Crippen LogP contribution in [0.4, 0.5) is 19.2 Å². The highest BCUT2D eigenvalue weighted by atomic mass is 19.4. The maximum atomic E-state index is 11.8. The Morgan fingerprint density at radius 3 is 2.48 bits per heavy atom. The minimum atomic E-state index is -4.47. The number of nitrogens with zero attached hydrogens (tertiary/aromatic N) is 3. The van der Waals surface area contributed by atoms with Crippen molar-refractivity contribution in [3.8, 4) is 0 Å². The van der Waals surface area contributed by atoms with E-state index >= 15 is 0 Å². The van der Waals surface area contributed by atoms with E-state index in [0.717, 1.165) is 18.2 Å². The van der Waals surface area contributed by atoms with Crippen molar-refractivity contribution in [1.82, 2.24) is 15.2 Å². The van der Waals surface area contributed by atoms with E-state index in [4.69, 9.17) is 4.42 Å². The Balaban J connectivity index is 0.000000186. The van der Waals surface area contributed by atoms with Crippen LogP contribution in [0.15, 0.2) is 27.4 Å². The predicted octanol–water partition coefficient (Wildman–Crippen LogP) is 0.704. The van der Waals surface area contributed by atoms with Crippen LogP contribution in [0.1, 0.15) is 18.0 Å². The molecule has 138 valence electrons. The SMILES string of the molecule is Cc1nnc(N2CCC(O)C(O)C2)o1.O=c1cccc(C(F)(F)F)[nH]1. The van der Waals surface area contributed by atoms with Crippen molar-refractivity contribution in [2.75, 3.05) is 18.0 Å². The number of aromatic amines is 1. The number of β-amino-alcohol motifs (C(OH)–C–C–N with tert-alkyl or cyclic N) is 1. The molecule has 1 aliphatic heterocycles.